The third kappa shape index (κ3) is 3.02. The van der Waals surface area contributed by atoms with E-state index in [1.54, 1.807) is 0 Å². The predicted octanol–water partition coefficient (Wildman–Crippen LogP) is 2.53. The monoisotopic (exact) mass is 309 g/mol. The fourth-order valence-corrected chi connectivity index (χ4v) is 2.62. The molecule has 0 radical (unpaired) electrons. The van der Waals surface area contributed by atoms with E-state index in [2.05, 4.69) is 5.10 Å². The van der Waals surface area contributed by atoms with Crippen molar-refractivity contribution in [2.45, 2.75) is 26.2 Å². The molecule has 0 spiro atoms. The van der Waals surface area contributed by atoms with Crippen molar-refractivity contribution < 1.29 is 13.9 Å². The van der Waals surface area contributed by atoms with Crippen molar-refractivity contribution in [2.24, 2.45) is 0 Å². The van der Waals surface area contributed by atoms with E-state index in [4.69, 9.17) is 0 Å². The van der Waals surface area contributed by atoms with E-state index in [1.807, 2.05) is 26.2 Å². The Morgan fingerprint density at radius 3 is 2.33 bits per heavy atom. The molecule has 0 amide bonds. The lowest BCUT2D eigenvalue weighted by atomic mass is 9.94. The van der Waals surface area contributed by atoms with Gasteiger partial charge in [0.1, 0.15) is 11.8 Å². The third-order valence-corrected chi connectivity index (χ3v) is 3.61. The number of non-ortho nitro benzene ring substituents is 1. The number of nitro benzene ring substituents is 2. The van der Waals surface area contributed by atoms with Crippen LogP contribution < -0.4 is 4.07 Å². The molecule has 9 heteroatoms. The lowest BCUT2D eigenvalue weighted by molar-refractivity contribution is -0.594. The topological polar surface area (TPSA) is 103 Å². The van der Waals surface area contributed by atoms with Crippen molar-refractivity contribution in [1.82, 2.24) is 5.10 Å². The second-order valence-electron chi connectivity index (χ2n) is 5.42. The molecule has 2 aromatic rings. The molecular weight excluding hydrogens is 296 g/mol. The highest BCUT2D eigenvalue weighted by Crippen LogP contribution is 2.26. The van der Waals surface area contributed by atoms with Crippen LogP contribution in [-0.2, 0) is 5.41 Å². The fraction of sp³-hybridized carbons (Fsp3) is 0.333. The zero-order valence-electron chi connectivity index (χ0n) is 11.6. The SMILES string of the molecule is CC(C)(C)c1cs[n+](-c2ccc([N+](=O)[O-])cc2[N+](=O)[O-])n1. The Balaban J connectivity index is 2.56. The van der Waals surface area contributed by atoms with Gasteiger partial charge in [0.15, 0.2) is 11.5 Å². The van der Waals surface area contributed by atoms with E-state index in [-0.39, 0.29) is 22.5 Å². The molecule has 0 aliphatic rings. The highest BCUT2D eigenvalue weighted by molar-refractivity contribution is 6.99. The molecule has 1 heterocycles. The Morgan fingerprint density at radius 2 is 1.86 bits per heavy atom. The van der Waals surface area contributed by atoms with Crippen LogP contribution in [0, 0.1) is 20.2 Å². The highest BCUT2D eigenvalue weighted by Gasteiger charge is 2.31. The molecular formula is C12H13N4O4S+. The molecule has 0 atom stereocenters. The molecule has 0 saturated heterocycles. The maximum atomic E-state index is 11.1. The van der Waals surface area contributed by atoms with Crippen LogP contribution in [0.4, 0.5) is 11.4 Å². The number of nitro groups is 2. The molecule has 110 valence electrons. The number of hydrogen-bond donors (Lipinski definition) is 0. The summed E-state index contributed by atoms with van der Waals surface area (Å²) in [4.78, 5) is 20.5. The Bertz CT molecular complexity index is 720. The average molecular weight is 309 g/mol. The summed E-state index contributed by atoms with van der Waals surface area (Å²) in [6, 6.07) is 3.51. The minimum atomic E-state index is -0.663. The van der Waals surface area contributed by atoms with Gasteiger partial charge >= 0.3 is 11.4 Å². The van der Waals surface area contributed by atoms with Crippen molar-refractivity contribution in [3.05, 3.63) is 49.5 Å². The Labute approximate surface area is 124 Å². The van der Waals surface area contributed by atoms with Gasteiger partial charge in [-0.05, 0) is 0 Å². The van der Waals surface area contributed by atoms with Crippen LogP contribution in [-0.4, -0.2) is 14.9 Å². The first kappa shape index (κ1) is 15.0. The molecule has 0 fully saturated rings. The number of nitrogens with zero attached hydrogens (tertiary/aromatic N) is 4. The Hall–Kier alpha value is -2.42. The normalized spacial score (nSPS) is 11.4. The van der Waals surface area contributed by atoms with Gasteiger partial charge in [-0.25, -0.2) is 0 Å². The second kappa shape index (κ2) is 5.17. The van der Waals surface area contributed by atoms with E-state index in [9.17, 15) is 20.2 Å². The molecule has 0 N–H and O–H groups in total. The van der Waals surface area contributed by atoms with Gasteiger partial charge in [-0.2, -0.15) is 0 Å². The van der Waals surface area contributed by atoms with Crippen molar-refractivity contribution in [1.29, 1.82) is 0 Å². The maximum Gasteiger partial charge on any atom is 0.351 e. The average Bonchev–Trinajstić information content (AvgIpc) is 2.87. The van der Waals surface area contributed by atoms with E-state index < -0.39 is 9.85 Å². The summed E-state index contributed by atoms with van der Waals surface area (Å²) in [6.07, 6.45) is 0. The molecule has 8 nitrogen and oxygen atoms in total. The molecule has 0 bridgehead atoms. The lowest BCUT2D eigenvalue weighted by Gasteiger charge is -2.10. The molecule has 0 unspecified atom stereocenters. The van der Waals surface area contributed by atoms with Gasteiger partial charge in [-0.15, -0.1) is 0 Å². The van der Waals surface area contributed by atoms with Crippen molar-refractivity contribution >= 4 is 22.9 Å². The van der Waals surface area contributed by atoms with Gasteiger partial charge in [0.2, 0.25) is 0 Å². The van der Waals surface area contributed by atoms with Crippen LogP contribution in [0.15, 0.2) is 23.6 Å². The van der Waals surface area contributed by atoms with Gasteiger partial charge < -0.3 is 0 Å². The molecule has 2 rings (SSSR count). The van der Waals surface area contributed by atoms with E-state index >= 15 is 0 Å². The summed E-state index contributed by atoms with van der Waals surface area (Å²) in [7, 11) is 0. The molecule has 1 aromatic carbocycles. The fourth-order valence-electron chi connectivity index (χ4n) is 1.62. The molecule has 0 aliphatic heterocycles. The van der Waals surface area contributed by atoms with Crippen molar-refractivity contribution in [2.75, 3.05) is 0 Å². The first-order chi connectivity index (χ1) is 9.70. The molecule has 0 aliphatic carbocycles. The summed E-state index contributed by atoms with van der Waals surface area (Å²) in [5.74, 6) is 0. The van der Waals surface area contributed by atoms with Crippen LogP contribution in [0.2, 0.25) is 0 Å². The van der Waals surface area contributed by atoms with E-state index in [1.165, 1.54) is 27.7 Å². The summed E-state index contributed by atoms with van der Waals surface area (Å²) in [6.45, 7) is 5.95. The summed E-state index contributed by atoms with van der Waals surface area (Å²) < 4.78 is 1.41. The first-order valence-electron chi connectivity index (χ1n) is 6.02. The summed E-state index contributed by atoms with van der Waals surface area (Å²) >= 11 is 1.21. The van der Waals surface area contributed by atoms with Crippen LogP contribution >= 0.6 is 11.5 Å². The summed E-state index contributed by atoms with van der Waals surface area (Å²) in [5, 5.41) is 28.0. The quantitative estimate of drug-likeness (QED) is 0.492. The number of hydrogen-bond acceptors (Lipinski definition) is 6. The van der Waals surface area contributed by atoms with Crippen LogP contribution in [0.3, 0.4) is 0 Å². The van der Waals surface area contributed by atoms with Gasteiger partial charge in [-0.1, -0.05) is 20.8 Å². The number of aromatic nitrogens is 2. The number of benzene rings is 1. The molecule has 0 saturated carbocycles. The largest absolute Gasteiger partial charge is 0.351 e. The number of rotatable bonds is 3. The Kier molecular flexibility index (Phi) is 3.69. The smallest absolute Gasteiger partial charge is 0.258 e. The zero-order chi connectivity index (χ0) is 15.8. The van der Waals surface area contributed by atoms with Crippen LogP contribution in [0.25, 0.3) is 5.69 Å². The van der Waals surface area contributed by atoms with Gasteiger partial charge in [0, 0.05) is 26.7 Å². The van der Waals surface area contributed by atoms with Gasteiger partial charge in [0.05, 0.1) is 15.2 Å². The summed E-state index contributed by atoms with van der Waals surface area (Å²) in [5.41, 5.74) is 0.158. The highest BCUT2D eigenvalue weighted by atomic mass is 32.1. The third-order valence-electron chi connectivity index (χ3n) is 2.80. The molecule has 1 aromatic heterocycles. The van der Waals surface area contributed by atoms with Gasteiger partial charge in [-0.3, -0.25) is 20.2 Å². The Morgan fingerprint density at radius 1 is 1.19 bits per heavy atom. The molecule has 21 heavy (non-hydrogen) atoms. The van der Waals surface area contributed by atoms with E-state index in [0.29, 0.717) is 0 Å². The van der Waals surface area contributed by atoms with Crippen molar-refractivity contribution in [3.8, 4) is 5.69 Å². The van der Waals surface area contributed by atoms with Crippen molar-refractivity contribution in [3.63, 3.8) is 0 Å². The standard InChI is InChI=1S/C12H13N4O4S/c1-12(2,3)11-7-21-14(13-11)9-5-4-8(15(17)18)6-10(9)16(19)20/h4-7H,1-3H3/q+1. The zero-order valence-corrected chi connectivity index (χ0v) is 12.5. The minimum Gasteiger partial charge on any atom is -0.258 e. The van der Waals surface area contributed by atoms with Crippen LogP contribution in [0.5, 0.6) is 0 Å². The van der Waals surface area contributed by atoms with Crippen LogP contribution in [0.1, 0.15) is 26.5 Å². The first-order valence-corrected chi connectivity index (χ1v) is 6.86. The predicted molar refractivity (Wildman–Crippen MR) is 75.7 cm³/mol. The maximum absolute atomic E-state index is 11.1. The minimum absolute atomic E-state index is 0.183. The lowest BCUT2D eigenvalue weighted by Crippen LogP contribution is -2.31. The second-order valence-corrected chi connectivity index (χ2v) is 6.21. The van der Waals surface area contributed by atoms with E-state index in [0.717, 1.165) is 11.8 Å². The van der Waals surface area contributed by atoms with Gasteiger partial charge in [0.25, 0.3) is 5.69 Å².